The fourth-order valence-corrected chi connectivity index (χ4v) is 2.61. The van der Waals surface area contributed by atoms with Crippen molar-refractivity contribution in [3.8, 4) is 5.88 Å². The van der Waals surface area contributed by atoms with Crippen LogP contribution in [0, 0.1) is 0 Å². The molecular formula is C16H23ClN2O3. The molecule has 1 aliphatic rings. The molecule has 5 nitrogen and oxygen atoms in total. The topological polar surface area (TPSA) is 51.7 Å². The number of likely N-dealkylation sites (tertiary alicyclic amines) is 1. The van der Waals surface area contributed by atoms with Gasteiger partial charge in [-0.2, -0.15) is 0 Å². The number of nitrogens with zero attached hydrogens (tertiary/aromatic N) is 2. The summed E-state index contributed by atoms with van der Waals surface area (Å²) < 4.78 is 11.3. The molecule has 1 aromatic rings. The average molecular weight is 327 g/mol. The molecule has 0 aromatic carbocycles. The zero-order chi connectivity index (χ0) is 16.3. The fourth-order valence-electron chi connectivity index (χ4n) is 2.45. The van der Waals surface area contributed by atoms with Crippen LogP contribution >= 0.6 is 11.6 Å². The van der Waals surface area contributed by atoms with Crippen LogP contribution in [0.2, 0.25) is 5.15 Å². The Hall–Kier alpha value is -1.49. The fraction of sp³-hybridized carbons (Fsp3) is 0.625. The van der Waals surface area contributed by atoms with Crippen LogP contribution in [-0.4, -0.2) is 40.3 Å². The molecule has 0 saturated carbocycles. The number of carbonyl (C=O) groups excluding carboxylic acids is 1. The van der Waals surface area contributed by atoms with E-state index in [1.165, 1.54) is 0 Å². The van der Waals surface area contributed by atoms with Crippen LogP contribution in [0.1, 0.15) is 40.5 Å². The van der Waals surface area contributed by atoms with E-state index in [4.69, 9.17) is 21.1 Å². The molecule has 0 spiro atoms. The summed E-state index contributed by atoms with van der Waals surface area (Å²) in [6.07, 6.45) is 1.25. The first-order chi connectivity index (χ1) is 10.2. The molecule has 6 heteroatoms. The maximum Gasteiger partial charge on any atom is 0.410 e. The van der Waals surface area contributed by atoms with Gasteiger partial charge in [0.1, 0.15) is 16.9 Å². The summed E-state index contributed by atoms with van der Waals surface area (Å²) in [5.74, 6) is 0.524. The van der Waals surface area contributed by atoms with Crippen LogP contribution in [-0.2, 0) is 4.74 Å². The highest BCUT2D eigenvalue weighted by Gasteiger charge is 2.32. The van der Waals surface area contributed by atoms with E-state index < -0.39 is 5.60 Å². The third kappa shape index (κ3) is 4.77. The van der Waals surface area contributed by atoms with Crippen LogP contribution in [0.3, 0.4) is 0 Å². The normalized spacial score (nSPS) is 22.3. The summed E-state index contributed by atoms with van der Waals surface area (Å²) >= 11 is 5.86. The maximum atomic E-state index is 12.2. The molecule has 1 aliphatic heterocycles. The summed E-state index contributed by atoms with van der Waals surface area (Å²) in [5, 5.41) is 0.414. The van der Waals surface area contributed by atoms with E-state index in [0.29, 0.717) is 17.6 Å². The molecule has 1 saturated heterocycles. The second-order valence-electron chi connectivity index (χ2n) is 6.59. The van der Waals surface area contributed by atoms with E-state index in [1.807, 2.05) is 33.8 Å². The number of piperidine rings is 1. The first-order valence-electron chi connectivity index (χ1n) is 7.53. The van der Waals surface area contributed by atoms with Crippen molar-refractivity contribution >= 4 is 17.7 Å². The number of pyridine rings is 1. The predicted octanol–water partition coefficient (Wildman–Crippen LogP) is 3.90. The molecule has 1 amide bonds. The van der Waals surface area contributed by atoms with Crippen LogP contribution in [0.15, 0.2) is 18.2 Å². The quantitative estimate of drug-likeness (QED) is 0.773. The Morgan fingerprint density at radius 1 is 1.41 bits per heavy atom. The molecule has 0 radical (unpaired) electrons. The van der Waals surface area contributed by atoms with E-state index in [1.54, 1.807) is 17.0 Å². The van der Waals surface area contributed by atoms with Crippen molar-refractivity contribution in [1.29, 1.82) is 0 Å². The van der Waals surface area contributed by atoms with Gasteiger partial charge in [-0.1, -0.05) is 17.7 Å². The highest BCUT2D eigenvalue weighted by atomic mass is 35.5. The molecular weight excluding hydrogens is 304 g/mol. The number of carbonyl (C=O) groups is 1. The summed E-state index contributed by atoms with van der Waals surface area (Å²) in [5.41, 5.74) is -0.477. The second kappa shape index (κ2) is 6.73. The minimum Gasteiger partial charge on any atom is -0.474 e. The van der Waals surface area contributed by atoms with Gasteiger partial charge in [0, 0.05) is 31.5 Å². The van der Waals surface area contributed by atoms with Gasteiger partial charge in [-0.25, -0.2) is 9.78 Å². The average Bonchev–Trinajstić information content (AvgIpc) is 2.36. The standard InChI is InChI=1S/C16H23ClN2O3/c1-11-10-12(21-14-7-5-6-13(17)18-14)8-9-19(11)15(20)22-16(2,3)4/h5-7,11-12H,8-10H2,1-4H3/t11-,12+/m0/s1. The molecule has 2 rings (SSSR count). The summed E-state index contributed by atoms with van der Waals surface area (Å²) in [7, 11) is 0. The van der Waals surface area contributed by atoms with Gasteiger partial charge in [-0.15, -0.1) is 0 Å². The number of amides is 1. The van der Waals surface area contributed by atoms with Gasteiger partial charge in [-0.3, -0.25) is 0 Å². The van der Waals surface area contributed by atoms with Crippen molar-refractivity contribution in [2.75, 3.05) is 6.54 Å². The monoisotopic (exact) mass is 326 g/mol. The molecule has 22 heavy (non-hydrogen) atoms. The third-order valence-corrected chi connectivity index (χ3v) is 3.64. The van der Waals surface area contributed by atoms with Gasteiger partial charge >= 0.3 is 6.09 Å². The van der Waals surface area contributed by atoms with E-state index in [-0.39, 0.29) is 18.2 Å². The first kappa shape index (κ1) is 16.9. The van der Waals surface area contributed by atoms with Gasteiger partial charge < -0.3 is 14.4 Å². The molecule has 2 atom stereocenters. The first-order valence-corrected chi connectivity index (χ1v) is 7.91. The Morgan fingerprint density at radius 3 is 2.73 bits per heavy atom. The summed E-state index contributed by atoms with van der Waals surface area (Å²) in [4.78, 5) is 18.1. The van der Waals surface area contributed by atoms with Crippen LogP contribution in [0.4, 0.5) is 4.79 Å². The number of aromatic nitrogens is 1. The number of halogens is 1. The van der Waals surface area contributed by atoms with Gasteiger partial charge in [0.25, 0.3) is 0 Å². The third-order valence-electron chi connectivity index (χ3n) is 3.43. The molecule has 2 heterocycles. The lowest BCUT2D eigenvalue weighted by molar-refractivity contribution is -0.00150. The molecule has 0 unspecified atom stereocenters. The van der Waals surface area contributed by atoms with Gasteiger partial charge in [0.05, 0.1) is 0 Å². The summed E-state index contributed by atoms with van der Waals surface area (Å²) in [6.45, 7) is 8.23. The molecule has 1 aromatic heterocycles. The minimum atomic E-state index is -0.477. The molecule has 122 valence electrons. The van der Waals surface area contributed by atoms with Gasteiger partial charge in [0.2, 0.25) is 5.88 Å². The molecule has 0 bridgehead atoms. The highest BCUT2D eigenvalue weighted by Crippen LogP contribution is 2.24. The number of hydrogen-bond donors (Lipinski definition) is 0. The largest absolute Gasteiger partial charge is 0.474 e. The van der Waals surface area contributed by atoms with Crippen molar-refractivity contribution < 1.29 is 14.3 Å². The second-order valence-corrected chi connectivity index (χ2v) is 6.97. The Labute approximate surface area is 136 Å². The SMILES string of the molecule is C[C@H]1C[C@H](Oc2cccc(Cl)n2)CCN1C(=O)OC(C)(C)C. The number of rotatable bonds is 2. The predicted molar refractivity (Wildman–Crippen MR) is 85.3 cm³/mol. The van der Waals surface area contributed by atoms with E-state index >= 15 is 0 Å². The van der Waals surface area contributed by atoms with Gasteiger partial charge in [-0.05, 0) is 33.8 Å². The Kier molecular flexibility index (Phi) is 5.16. The zero-order valence-electron chi connectivity index (χ0n) is 13.5. The Morgan fingerprint density at radius 2 is 2.14 bits per heavy atom. The van der Waals surface area contributed by atoms with E-state index in [2.05, 4.69) is 4.98 Å². The molecule has 1 fully saturated rings. The highest BCUT2D eigenvalue weighted by molar-refractivity contribution is 6.29. The van der Waals surface area contributed by atoms with Crippen molar-refractivity contribution in [3.63, 3.8) is 0 Å². The van der Waals surface area contributed by atoms with Crippen LogP contribution in [0.5, 0.6) is 5.88 Å². The smallest absolute Gasteiger partial charge is 0.410 e. The van der Waals surface area contributed by atoms with Gasteiger partial charge in [0.15, 0.2) is 0 Å². The minimum absolute atomic E-state index is 0.0275. The zero-order valence-corrected chi connectivity index (χ0v) is 14.3. The Bertz CT molecular complexity index is 530. The molecule has 0 aliphatic carbocycles. The Balaban J connectivity index is 1.91. The van der Waals surface area contributed by atoms with Crippen molar-refractivity contribution in [2.24, 2.45) is 0 Å². The van der Waals surface area contributed by atoms with Crippen molar-refractivity contribution in [3.05, 3.63) is 23.4 Å². The molecule has 0 N–H and O–H groups in total. The van der Waals surface area contributed by atoms with Crippen molar-refractivity contribution in [1.82, 2.24) is 9.88 Å². The van der Waals surface area contributed by atoms with Crippen LogP contribution < -0.4 is 4.74 Å². The maximum absolute atomic E-state index is 12.2. The van der Waals surface area contributed by atoms with E-state index in [9.17, 15) is 4.79 Å². The number of hydrogen-bond acceptors (Lipinski definition) is 4. The van der Waals surface area contributed by atoms with E-state index in [0.717, 1.165) is 12.8 Å². The lowest BCUT2D eigenvalue weighted by Gasteiger charge is -2.38. The number of ether oxygens (including phenoxy) is 2. The van der Waals surface area contributed by atoms with Crippen molar-refractivity contribution in [2.45, 2.75) is 58.3 Å². The van der Waals surface area contributed by atoms with Crippen LogP contribution in [0.25, 0.3) is 0 Å². The lowest BCUT2D eigenvalue weighted by Crippen LogP contribution is -2.49. The summed E-state index contributed by atoms with van der Waals surface area (Å²) in [6, 6.07) is 5.37. The lowest BCUT2D eigenvalue weighted by atomic mass is 10.0.